The minimum Gasteiger partial charge on any atom is -0.342 e. The van der Waals surface area contributed by atoms with Gasteiger partial charge in [-0.15, -0.1) is 0 Å². The van der Waals surface area contributed by atoms with Crippen molar-refractivity contribution in [2.45, 2.75) is 44.7 Å². The molecule has 4 rings (SSSR count). The van der Waals surface area contributed by atoms with Crippen molar-refractivity contribution < 1.29 is 4.79 Å². The van der Waals surface area contributed by atoms with Gasteiger partial charge in [0, 0.05) is 64.4 Å². The number of pyridine rings is 1. The van der Waals surface area contributed by atoms with Crippen LogP contribution in [0, 0.1) is 0 Å². The number of likely N-dealkylation sites (N-methyl/N-ethyl adjacent to an activating group) is 1. The van der Waals surface area contributed by atoms with Gasteiger partial charge in [0.2, 0.25) is 5.91 Å². The standard InChI is InChI=1S/C22H32N6O/c1-25(20-5-3-2-4-6-20)22(29)17-27-13-11-26(12-14-27)16-19-7-8-21(24-15-19)28-10-9-23-18-28/h7-10,15,18,20H,2-6,11-14,16-17H2,1H3. The first kappa shape index (κ1) is 20.0. The van der Waals surface area contributed by atoms with Gasteiger partial charge < -0.3 is 4.90 Å². The van der Waals surface area contributed by atoms with Crippen molar-refractivity contribution in [2.75, 3.05) is 39.8 Å². The van der Waals surface area contributed by atoms with Gasteiger partial charge in [0.25, 0.3) is 0 Å². The first-order chi connectivity index (χ1) is 14.2. The van der Waals surface area contributed by atoms with Gasteiger partial charge in [-0.2, -0.15) is 0 Å². The molecule has 0 atom stereocenters. The van der Waals surface area contributed by atoms with E-state index in [4.69, 9.17) is 0 Å². The zero-order valence-electron chi connectivity index (χ0n) is 17.4. The number of imidazole rings is 1. The average molecular weight is 397 g/mol. The Labute approximate surface area is 173 Å². The van der Waals surface area contributed by atoms with E-state index in [0.717, 1.165) is 38.5 Å². The molecule has 0 bridgehead atoms. The van der Waals surface area contributed by atoms with Crippen molar-refractivity contribution in [2.24, 2.45) is 0 Å². The van der Waals surface area contributed by atoms with E-state index in [0.29, 0.717) is 12.6 Å². The second-order valence-corrected chi connectivity index (χ2v) is 8.34. The zero-order chi connectivity index (χ0) is 20.1. The number of hydrogen-bond acceptors (Lipinski definition) is 5. The minimum atomic E-state index is 0.282. The Morgan fingerprint density at radius 3 is 2.52 bits per heavy atom. The molecule has 2 aliphatic rings. The van der Waals surface area contributed by atoms with Crippen LogP contribution in [0.1, 0.15) is 37.7 Å². The molecule has 7 nitrogen and oxygen atoms in total. The summed E-state index contributed by atoms with van der Waals surface area (Å²) in [5.74, 6) is 1.17. The van der Waals surface area contributed by atoms with Gasteiger partial charge in [-0.05, 0) is 24.5 Å². The highest BCUT2D eigenvalue weighted by atomic mass is 16.2. The Hall–Kier alpha value is -2.25. The first-order valence-corrected chi connectivity index (χ1v) is 10.8. The molecule has 0 radical (unpaired) electrons. The number of amides is 1. The predicted octanol–water partition coefficient (Wildman–Crippen LogP) is 2.18. The lowest BCUT2D eigenvalue weighted by molar-refractivity contribution is -0.134. The second-order valence-electron chi connectivity index (χ2n) is 8.34. The number of rotatable bonds is 6. The lowest BCUT2D eigenvalue weighted by Crippen LogP contribution is -2.50. The number of piperazine rings is 1. The molecule has 2 aromatic heterocycles. The van der Waals surface area contributed by atoms with Crippen LogP contribution in [0.2, 0.25) is 0 Å². The normalized spacial score (nSPS) is 19.3. The topological polar surface area (TPSA) is 57.5 Å². The van der Waals surface area contributed by atoms with Crippen LogP contribution in [0.4, 0.5) is 0 Å². The molecule has 1 aliphatic heterocycles. The van der Waals surface area contributed by atoms with Crippen molar-refractivity contribution in [1.29, 1.82) is 0 Å². The van der Waals surface area contributed by atoms with Crippen molar-refractivity contribution in [3.8, 4) is 5.82 Å². The Morgan fingerprint density at radius 1 is 1.10 bits per heavy atom. The summed E-state index contributed by atoms with van der Waals surface area (Å²) < 4.78 is 1.91. The van der Waals surface area contributed by atoms with E-state index >= 15 is 0 Å². The molecule has 3 heterocycles. The summed E-state index contributed by atoms with van der Waals surface area (Å²) in [6.07, 6.45) is 13.5. The van der Waals surface area contributed by atoms with Crippen LogP contribution in [0.15, 0.2) is 37.1 Å². The zero-order valence-corrected chi connectivity index (χ0v) is 17.4. The highest BCUT2D eigenvalue weighted by molar-refractivity contribution is 5.78. The molecule has 156 valence electrons. The Kier molecular flexibility index (Phi) is 6.56. The van der Waals surface area contributed by atoms with Gasteiger partial charge >= 0.3 is 0 Å². The van der Waals surface area contributed by atoms with Crippen LogP contribution < -0.4 is 0 Å². The highest BCUT2D eigenvalue weighted by Crippen LogP contribution is 2.22. The SMILES string of the molecule is CN(C(=O)CN1CCN(Cc2ccc(-n3ccnc3)nc2)CC1)C1CCCCC1. The minimum absolute atomic E-state index is 0.282. The third kappa shape index (κ3) is 5.22. The third-order valence-corrected chi connectivity index (χ3v) is 6.32. The Balaban J connectivity index is 1.21. The van der Waals surface area contributed by atoms with Gasteiger partial charge in [0.05, 0.1) is 6.54 Å². The summed E-state index contributed by atoms with van der Waals surface area (Å²) in [5.41, 5.74) is 1.22. The van der Waals surface area contributed by atoms with E-state index in [1.165, 1.54) is 37.7 Å². The molecule has 1 aliphatic carbocycles. The Bertz CT molecular complexity index is 761. The summed E-state index contributed by atoms with van der Waals surface area (Å²) in [5, 5.41) is 0. The van der Waals surface area contributed by atoms with Gasteiger partial charge in [0.1, 0.15) is 12.1 Å². The molecule has 1 saturated carbocycles. The van der Waals surface area contributed by atoms with Crippen molar-refractivity contribution in [3.63, 3.8) is 0 Å². The van der Waals surface area contributed by atoms with Gasteiger partial charge in [0.15, 0.2) is 0 Å². The van der Waals surface area contributed by atoms with E-state index in [1.54, 1.807) is 12.5 Å². The summed E-state index contributed by atoms with van der Waals surface area (Å²) in [4.78, 5) is 28.0. The van der Waals surface area contributed by atoms with Gasteiger partial charge in [-0.25, -0.2) is 9.97 Å². The molecule has 7 heteroatoms. The lowest BCUT2D eigenvalue weighted by Gasteiger charge is -2.36. The second kappa shape index (κ2) is 9.50. The fourth-order valence-electron chi connectivity index (χ4n) is 4.40. The average Bonchev–Trinajstić information content (AvgIpc) is 3.31. The van der Waals surface area contributed by atoms with E-state index in [-0.39, 0.29) is 5.91 Å². The van der Waals surface area contributed by atoms with E-state index in [1.807, 2.05) is 35.0 Å². The van der Waals surface area contributed by atoms with Crippen molar-refractivity contribution in [3.05, 3.63) is 42.6 Å². The number of carbonyl (C=O) groups is 1. The maximum absolute atomic E-state index is 12.7. The fraction of sp³-hybridized carbons (Fsp3) is 0.591. The van der Waals surface area contributed by atoms with Crippen LogP contribution in [0.25, 0.3) is 5.82 Å². The van der Waals surface area contributed by atoms with E-state index in [2.05, 4.69) is 25.8 Å². The summed E-state index contributed by atoms with van der Waals surface area (Å²) in [6.45, 7) is 5.34. The number of carbonyl (C=O) groups excluding carboxylic acids is 1. The highest BCUT2D eigenvalue weighted by Gasteiger charge is 2.25. The molecule has 1 amide bonds. The van der Waals surface area contributed by atoms with Crippen LogP contribution in [0.3, 0.4) is 0 Å². The predicted molar refractivity (Wildman–Crippen MR) is 113 cm³/mol. The molecule has 0 spiro atoms. The van der Waals surface area contributed by atoms with Gasteiger partial charge in [-0.1, -0.05) is 25.3 Å². The van der Waals surface area contributed by atoms with Crippen LogP contribution in [0.5, 0.6) is 0 Å². The largest absolute Gasteiger partial charge is 0.342 e. The molecular formula is C22H32N6O. The summed E-state index contributed by atoms with van der Waals surface area (Å²) >= 11 is 0. The molecule has 0 N–H and O–H groups in total. The maximum atomic E-state index is 12.7. The fourth-order valence-corrected chi connectivity index (χ4v) is 4.40. The molecule has 2 aromatic rings. The molecule has 0 aromatic carbocycles. The molecule has 1 saturated heterocycles. The van der Waals surface area contributed by atoms with Crippen LogP contribution in [-0.4, -0.2) is 81.0 Å². The van der Waals surface area contributed by atoms with Crippen molar-refractivity contribution >= 4 is 5.91 Å². The van der Waals surface area contributed by atoms with Gasteiger partial charge in [-0.3, -0.25) is 19.2 Å². The van der Waals surface area contributed by atoms with E-state index in [9.17, 15) is 4.79 Å². The molecule has 0 unspecified atom stereocenters. The summed E-state index contributed by atoms with van der Waals surface area (Å²) in [7, 11) is 2.00. The van der Waals surface area contributed by atoms with Crippen LogP contribution >= 0.6 is 0 Å². The molecule has 2 fully saturated rings. The monoisotopic (exact) mass is 396 g/mol. The number of nitrogens with zero attached hydrogens (tertiary/aromatic N) is 6. The van der Waals surface area contributed by atoms with E-state index < -0.39 is 0 Å². The third-order valence-electron chi connectivity index (χ3n) is 6.32. The Morgan fingerprint density at radius 2 is 1.86 bits per heavy atom. The number of aromatic nitrogens is 3. The number of hydrogen-bond donors (Lipinski definition) is 0. The maximum Gasteiger partial charge on any atom is 0.236 e. The molecular weight excluding hydrogens is 364 g/mol. The quantitative estimate of drug-likeness (QED) is 0.749. The summed E-state index contributed by atoms with van der Waals surface area (Å²) in [6, 6.07) is 4.63. The lowest BCUT2D eigenvalue weighted by atomic mass is 9.94. The smallest absolute Gasteiger partial charge is 0.236 e. The first-order valence-electron chi connectivity index (χ1n) is 10.8. The van der Waals surface area contributed by atoms with Crippen molar-refractivity contribution in [1.82, 2.24) is 29.2 Å². The molecule has 29 heavy (non-hydrogen) atoms. The van der Waals surface area contributed by atoms with Crippen LogP contribution in [-0.2, 0) is 11.3 Å².